The summed E-state index contributed by atoms with van der Waals surface area (Å²) in [7, 11) is 4.47. The van der Waals surface area contributed by atoms with Crippen LogP contribution in [0, 0.1) is 56.2 Å². The summed E-state index contributed by atoms with van der Waals surface area (Å²) in [5.41, 5.74) is 1.02. The van der Waals surface area contributed by atoms with Crippen LogP contribution in [0.2, 0.25) is 0 Å². The van der Waals surface area contributed by atoms with Crippen LogP contribution in [0.3, 0.4) is 0 Å². The molecule has 5 aliphatic rings. The topological polar surface area (TPSA) is 64.3 Å². The third-order valence-electron chi connectivity index (χ3n) is 12.9. The average molecular weight is 493 g/mol. The first-order valence-electron chi connectivity index (χ1n) is 14.3. The fraction of sp³-hybridized carbons (Fsp3) is 0.812. The van der Waals surface area contributed by atoms with Gasteiger partial charge in [0.25, 0.3) is 0 Å². The molecule has 0 saturated heterocycles. The molecule has 1 N–H and O–H groups in total. The molecule has 198 valence electrons. The fourth-order valence-electron chi connectivity index (χ4n) is 10.6. The largest absolute Gasteiger partial charge is 0.387 e. The number of carbonyl (C=O) groups excluding carboxylic acids is 1. The van der Waals surface area contributed by atoms with Crippen molar-refractivity contribution in [3.63, 3.8) is 0 Å². The molecule has 5 aliphatic carbocycles. The standard InChI is InChI=1S/C32H48N2O2/c1-27(2)12-14-32(34(8)9)15-13-31(7)25(21(32)18-27)22(35)16-24-29(5)17-20(19-33)26(36)28(3,4)23(29)10-11-30(24,31)6/h16-17,21,23,25-26,36H,10-15,18H2,1-9H3/t21-,23-,25-,26?,29-,30+,31+,32-/m0/s1. The zero-order chi connectivity index (χ0) is 26.7. The fourth-order valence-corrected chi connectivity index (χ4v) is 10.6. The number of ketones is 1. The smallest absolute Gasteiger partial charge is 0.159 e. The Bertz CT molecular complexity index is 1090. The van der Waals surface area contributed by atoms with Crippen molar-refractivity contribution in [2.45, 2.75) is 105 Å². The van der Waals surface area contributed by atoms with Crippen molar-refractivity contribution in [2.24, 2.45) is 44.8 Å². The lowest BCUT2D eigenvalue weighted by molar-refractivity contribution is -0.174. The van der Waals surface area contributed by atoms with Crippen LogP contribution in [0.25, 0.3) is 0 Å². The number of nitrogens with zero attached hydrogens (tertiary/aromatic N) is 2. The van der Waals surface area contributed by atoms with E-state index in [-0.39, 0.29) is 33.6 Å². The van der Waals surface area contributed by atoms with E-state index in [2.05, 4.69) is 73.5 Å². The summed E-state index contributed by atoms with van der Waals surface area (Å²) in [5, 5.41) is 21.0. The molecule has 36 heavy (non-hydrogen) atoms. The molecule has 0 heterocycles. The highest BCUT2D eigenvalue weighted by atomic mass is 16.3. The number of hydrogen-bond donors (Lipinski definition) is 1. The average Bonchev–Trinajstić information content (AvgIpc) is 2.77. The Kier molecular flexibility index (Phi) is 5.50. The molecule has 1 unspecified atom stereocenters. The van der Waals surface area contributed by atoms with E-state index < -0.39 is 16.9 Å². The van der Waals surface area contributed by atoms with Crippen LogP contribution in [0.15, 0.2) is 23.3 Å². The Hall–Kier alpha value is -1.44. The molecule has 4 heteroatoms. The summed E-state index contributed by atoms with van der Waals surface area (Å²) in [5.74, 6) is 0.903. The van der Waals surface area contributed by atoms with Gasteiger partial charge in [-0.05, 0) is 98.6 Å². The molecule has 3 saturated carbocycles. The van der Waals surface area contributed by atoms with Crippen molar-refractivity contribution >= 4 is 5.78 Å². The van der Waals surface area contributed by atoms with Crippen LogP contribution in [-0.2, 0) is 4.79 Å². The van der Waals surface area contributed by atoms with Gasteiger partial charge in [0.2, 0.25) is 0 Å². The first-order valence-corrected chi connectivity index (χ1v) is 14.3. The molecule has 0 aromatic carbocycles. The molecular weight excluding hydrogens is 444 g/mol. The van der Waals surface area contributed by atoms with Crippen LogP contribution in [0.4, 0.5) is 0 Å². The van der Waals surface area contributed by atoms with E-state index in [4.69, 9.17) is 0 Å². The maximum atomic E-state index is 14.4. The molecule has 0 aliphatic heterocycles. The first-order chi connectivity index (χ1) is 16.5. The van der Waals surface area contributed by atoms with Crippen LogP contribution in [-0.4, -0.2) is 41.5 Å². The number of rotatable bonds is 1. The van der Waals surface area contributed by atoms with Crippen LogP contribution < -0.4 is 0 Å². The molecule has 0 bridgehead atoms. The summed E-state index contributed by atoms with van der Waals surface area (Å²) in [4.78, 5) is 16.9. The van der Waals surface area contributed by atoms with Crippen molar-refractivity contribution in [2.75, 3.05) is 14.1 Å². The quantitative estimate of drug-likeness (QED) is 0.466. The minimum absolute atomic E-state index is 0.0312. The Morgan fingerprint density at radius 3 is 2.25 bits per heavy atom. The van der Waals surface area contributed by atoms with Gasteiger partial charge in [0, 0.05) is 16.9 Å². The van der Waals surface area contributed by atoms with E-state index >= 15 is 0 Å². The van der Waals surface area contributed by atoms with E-state index in [1.54, 1.807) is 0 Å². The second-order valence-electron chi connectivity index (χ2n) is 15.5. The summed E-state index contributed by atoms with van der Waals surface area (Å²) in [6.45, 7) is 16.1. The highest BCUT2D eigenvalue weighted by Gasteiger charge is 2.70. The van der Waals surface area contributed by atoms with E-state index in [0.717, 1.165) is 32.1 Å². The Balaban J connectivity index is 1.70. The maximum absolute atomic E-state index is 14.4. The molecule has 0 aromatic heterocycles. The van der Waals surface area contributed by atoms with E-state index in [9.17, 15) is 15.2 Å². The molecule has 0 aromatic rings. The molecule has 8 atom stereocenters. The SMILES string of the molecule is CN(C)[C@]12CCC(C)(C)C[C@H]1[C@H]1C(=O)C=C3[C@@]4(C)C=C(C#N)C(O)C(C)(C)[C@@H]4CC[C@@]3(C)[C@]1(C)CC2. The van der Waals surface area contributed by atoms with Crippen LogP contribution in [0.1, 0.15) is 93.4 Å². The number of hydrogen-bond acceptors (Lipinski definition) is 4. The summed E-state index contributed by atoms with van der Waals surface area (Å²) in [6.07, 6.45) is 11.1. The van der Waals surface area contributed by atoms with Crippen molar-refractivity contribution in [3.05, 3.63) is 23.3 Å². The van der Waals surface area contributed by atoms with Gasteiger partial charge in [-0.2, -0.15) is 5.26 Å². The van der Waals surface area contributed by atoms with Crippen molar-refractivity contribution in [1.29, 1.82) is 5.26 Å². The van der Waals surface area contributed by atoms with Crippen molar-refractivity contribution < 1.29 is 9.90 Å². The zero-order valence-corrected chi connectivity index (χ0v) is 24.2. The van der Waals surface area contributed by atoms with E-state index in [1.165, 1.54) is 18.4 Å². The van der Waals surface area contributed by atoms with Crippen molar-refractivity contribution in [3.8, 4) is 6.07 Å². The number of carbonyl (C=O) groups is 1. The summed E-state index contributed by atoms with van der Waals surface area (Å²) in [6, 6.07) is 2.31. The lowest BCUT2D eigenvalue weighted by atomic mass is 9.35. The summed E-state index contributed by atoms with van der Waals surface area (Å²) >= 11 is 0. The van der Waals surface area contributed by atoms with Gasteiger partial charge in [0.1, 0.15) is 0 Å². The Morgan fingerprint density at radius 2 is 1.64 bits per heavy atom. The molecule has 0 amide bonds. The van der Waals surface area contributed by atoms with Gasteiger partial charge in [0.05, 0.1) is 17.7 Å². The Morgan fingerprint density at radius 1 is 1.00 bits per heavy atom. The molecule has 5 rings (SSSR count). The monoisotopic (exact) mass is 492 g/mol. The third kappa shape index (κ3) is 3.02. The Labute approximate surface area is 219 Å². The third-order valence-corrected chi connectivity index (χ3v) is 12.9. The van der Waals surface area contributed by atoms with Gasteiger partial charge >= 0.3 is 0 Å². The minimum Gasteiger partial charge on any atom is -0.387 e. The van der Waals surface area contributed by atoms with Gasteiger partial charge < -0.3 is 10.0 Å². The normalized spacial score (nSPS) is 49.0. The predicted octanol–water partition coefficient (Wildman–Crippen LogP) is 6.31. The number of aliphatic hydroxyl groups excluding tert-OH is 1. The predicted molar refractivity (Wildman–Crippen MR) is 144 cm³/mol. The molecule has 0 radical (unpaired) electrons. The number of fused-ring (bicyclic) bond motifs is 7. The number of allylic oxidation sites excluding steroid dienone is 3. The molecular formula is C32H48N2O2. The van der Waals surface area contributed by atoms with Gasteiger partial charge in [-0.25, -0.2) is 0 Å². The second kappa shape index (κ2) is 7.57. The first kappa shape index (κ1) is 26.2. The van der Waals surface area contributed by atoms with Gasteiger partial charge in [0.15, 0.2) is 5.78 Å². The highest BCUT2D eigenvalue weighted by molar-refractivity contribution is 5.95. The van der Waals surface area contributed by atoms with E-state index in [0.29, 0.717) is 17.3 Å². The highest BCUT2D eigenvalue weighted by Crippen LogP contribution is 2.74. The number of aliphatic hydroxyl groups is 1. The van der Waals surface area contributed by atoms with Gasteiger partial charge in [-0.15, -0.1) is 0 Å². The molecule has 4 nitrogen and oxygen atoms in total. The maximum Gasteiger partial charge on any atom is 0.159 e. The van der Waals surface area contributed by atoms with Gasteiger partial charge in [-0.3, -0.25) is 4.79 Å². The molecule has 0 spiro atoms. The lowest BCUT2D eigenvalue weighted by Crippen LogP contribution is -2.68. The van der Waals surface area contributed by atoms with Gasteiger partial charge in [-0.1, -0.05) is 60.1 Å². The molecule has 3 fully saturated rings. The van der Waals surface area contributed by atoms with Crippen molar-refractivity contribution in [1.82, 2.24) is 4.90 Å². The zero-order valence-electron chi connectivity index (χ0n) is 24.2. The van der Waals surface area contributed by atoms with Crippen LogP contribution in [0.5, 0.6) is 0 Å². The van der Waals surface area contributed by atoms with Crippen LogP contribution >= 0.6 is 0 Å². The lowest BCUT2D eigenvalue weighted by Gasteiger charge is -2.70. The summed E-state index contributed by atoms with van der Waals surface area (Å²) < 4.78 is 0. The minimum atomic E-state index is -0.756. The van der Waals surface area contributed by atoms with E-state index in [1.807, 2.05) is 12.2 Å². The number of nitriles is 1. The second-order valence-corrected chi connectivity index (χ2v) is 15.5.